The lowest BCUT2D eigenvalue weighted by Gasteiger charge is -2.30. The molecule has 2 aromatic carbocycles. The normalized spacial score (nSPS) is 18.0. The Morgan fingerprint density at radius 1 is 0.672 bits per heavy atom. The predicted octanol–water partition coefficient (Wildman–Crippen LogP) is 6.17. The Labute approximate surface area is 394 Å². The summed E-state index contributed by atoms with van der Waals surface area (Å²) in [6.07, 6.45) is 13.6. The molecule has 4 rings (SSSR count). The minimum Gasteiger partial charge on any atom is -0.465 e. The first-order chi connectivity index (χ1) is 31.1. The van der Waals surface area contributed by atoms with Gasteiger partial charge < -0.3 is 20.6 Å². The Hall–Kier alpha value is -4.49. The van der Waals surface area contributed by atoms with Crippen LogP contribution in [0, 0.1) is 0 Å². The van der Waals surface area contributed by atoms with E-state index in [-0.39, 0.29) is 41.5 Å². The lowest BCUT2D eigenvalue weighted by molar-refractivity contribution is -0.438. The second-order valence-electron chi connectivity index (χ2n) is 17.4. The van der Waals surface area contributed by atoms with E-state index in [0.717, 1.165) is 17.8 Å². The highest BCUT2D eigenvalue weighted by atomic mass is 32.2. The van der Waals surface area contributed by atoms with E-state index in [9.17, 15) is 61.5 Å². The maximum atomic E-state index is 12.6. The van der Waals surface area contributed by atoms with Crippen molar-refractivity contribution in [2.75, 3.05) is 42.6 Å². The van der Waals surface area contributed by atoms with Gasteiger partial charge in [0.1, 0.15) is 6.54 Å². The van der Waals surface area contributed by atoms with Crippen LogP contribution in [-0.4, -0.2) is 117 Å². The Morgan fingerprint density at radius 2 is 1.25 bits per heavy atom. The van der Waals surface area contributed by atoms with Gasteiger partial charge in [-0.1, -0.05) is 31.1 Å². The van der Waals surface area contributed by atoms with E-state index >= 15 is 0 Å². The molecule has 19 nitrogen and oxygen atoms in total. The number of carbonyl (C=O) groups is 2. The number of allylic oxidation sites excluding steroid dienone is 6. The molecule has 2 aromatic rings. The molecule has 0 aromatic heterocycles. The molecule has 7 N–H and O–H groups in total. The molecule has 0 saturated carbocycles. The predicted molar refractivity (Wildman–Crippen MR) is 254 cm³/mol. The van der Waals surface area contributed by atoms with Gasteiger partial charge in [0.2, 0.25) is 11.6 Å². The number of hydrogen-bond acceptors (Lipinski definition) is 11. The molecular weight excluding hydrogens is 953 g/mol. The van der Waals surface area contributed by atoms with Gasteiger partial charge >= 0.3 is 6.09 Å². The van der Waals surface area contributed by atoms with Gasteiger partial charge in [-0.15, -0.1) is 0 Å². The minimum atomic E-state index is -4.61. The third-order valence-electron chi connectivity index (χ3n) is 12.0. The molecule has 2 amide bonds. The number of unbranched alkanes of at least 4 members (excludes halogenated alkanes) is 6. The maximum Gasteiger partial charge on any atom is 0.404 e. The van der Waals surface area contributed by atoms with Crippen molar-refractivity contribution in [2.45, 2.75) is 118 Å². The molecule has 1 unspecified atom stereocenters. The van der Waals surface area contributed by atoms with Gasteiger partial charge in [0.15, 0.2) is 5.71 Å². The highest BCUT2D eigenvalue weighted by Crippen LogP contribution is 2.51. The monoisotopic (exact) mass is 1020 g/mol. The number of nitrogens with one attached hydrogen (secondary N) is 2. The smallest absolute Gasteiger partial charge is 0.404 e. The largest absolute Gasteiger partial charge is 0.465 e. The number of anilines is 1. The molecule has 2 aliphatic rings. The molecule has 0 bridgehead atoms. The molecule has 0 fully saturated rings. The van der Waals surface area contributed by atoms with Crippen LogP contribution in [0.25, 0.3) is 0 Å². The van der Waals surface area contributed by atoms with Crippen molar-refractivity contribution in [2.24, 2.45) is 0 Å². The number of carbonyl (C=O) groups excluding carboxylic acids is 1. The second kappa shape index (κ2) is 23.2. The number of fused-ring (bicyclic) bond motifs is 2. The van der Waals surface area contributed by atoms with Gasteiger partial charge in [-0.25, -0.2) is 4.79 Å². The molecule has 23 heteroatoms. The Kier molecular flexibility index (Phi) is 19.1. The van der Waals surface area contributed by atoms with E-state index in [1.807, 2.05) is 42.4 Å². The van der Waals surface area contributed by atoms with Crippen molar-refractivity contribution in [3.8, 4) is 0 Å². The van der Waals surface area contributed by atoms with Crippen LogP contribution in [0.15, 0.2) is 82.3 Å². The van der Waals surface area contributed by atoms with Crippen LogP contribution in [0.4, 0.5) is 16.2 Å². The number of rotatable bonds is 27. The van der Waals surface area contributed by atoms with Crippen LogP contribution < -0.4 is 15.5 Å². The number of amides is 2. The third kappa shape index (κ3) is 16.0. The van der Waals surface area contributed by atoms with Gasteiger partial charge in [0, 0.05) is 67.0 Å². The molecular formula is C44H63N4O15S4+. The molecule has 2 heterocycles. The van der Waals surface area contributed by atoms with Gasteiger partial charge in [-0.2, -0.15) is 38.2 Å². The Morgan fingerprint density at radius 3 is 1.87 bits per heavy atom. The minimum absolute atomic E-state index is 0.111. The van der Waals surface area contributed by atoms with Crippen molar-refractivity contribution in [1.82, 2.24) is 10.6 Å². The highest BCUT2D eigenvalue weighted by molar-refractivity contribution is 7.86. The maximum absolute atomic E-state index is 12.6. The van der Waals surface area contributed by atoms with Crippen molar-refractivity contribution < 1.29 is 71.2 Å². The summed E-state index contributed by atoms with van der Waals surface area (Å²) >= 11 is 0. The molecule has 67 heavy (non-hydrogen) atoms. The number of benzene rings is 2. The van der Waals surface area contributed by atoms with Crippen molar-refractivity contribution in [1.29, 1.82) is 0 Å². The van der Waals surface area contributed by atoms with Crippen molar-refractivity contribution in [3.63, 3.8) is 0 Å². The molecule has 1 atom stereocenters. The quantitative estimate of drug-likeness (QED) is 0.0228. The zero-order valence-corrected chi connectivity index (χ0v) is 41.2. The van der Waals surface area contributed by atoms with E-state index in [1.165, 1.54) is 24.3 Å². The average Bonchev–Trinajstić information content (AvgIpc) is 3.57. The Balaban J connectivity index is 1.63. The van der Waals surface area contributed by atoms with Gasteiger partial charge in [0.25, 0.3) is 40.5 Å². The van der Waals surface area contributed by atoms with Crippen LogP contribution in [0.5, 0.6) is 0 Å². The van der Waals surface area contributed by atoms with Crippen molar-refractivity contribution >= 4 is 69.6 Å². The summed E-state index contributed by atoms with van der Waals surface area (Å²) in [5.74, 6) is -1.00. The first-order valence-corrected chi connectivity index (χ1v) is 28.1. The SMILES string of the molecule is CC1(C)C(/C=C/C=C/C=C2\N(CCCCS(=O)(=O)O)c3ccc(S(=O)(=O)O)cc3C2(C)CCCCCC(=O)NCCCCCNC(=O)O)=[N+](CCCCS(=O)(=O)O)c2ccc(S(=O)(=O)O)cc21. The summed E-state index contributed by atoms with van der Waals surface area (Å²) in [7, 11) is -17.6. The third-order valence-corrected chi connectivity index (χ3v) is 15.3. The molecule has 0 radical (unpaired) electrons. The van der Waals surface area contributed by atoms with E-state index in [4.69, 9.17) is 5.11 Å². The topological polar surface area (TPSA) is 302 Å². The summed E-state index contributed by atoms with van der Waals surface area (Å²) < 4.78 is 135. The van der Waals surface area contributed by atoms with E-state index < -0.39 is 68.9 Å². The van der Waals surface area contributed by atoms with Crippen molar-refractivity contribution in [3.05, 3.63) is 83.6 Å². The van der Waals surface area contributed by atoms with Crippen LogP contribution in [0.3, 0.4) is 0 Å². The summed E-state index contributed by atoms with van der Waals surface area (Å²) in [5, 5.41) is 13.9. The standard InChI is InChI=1S/C44H62N4O15S4/c1-43(2)35-31-33(66(58,59)60)20-22-37(35)47(27-13-15-29-64(52,53)54)39(43)17-7-4-8-18-40-44(3,24-10-5-9-19-41(49)45-25-11-6-12-26-46-42(50)51)36-32-34(67(61,62)63)21-23-38(36)48(40)28-14-16-30-65(55,56)57/h4,7-8,17-18,20-23,31-32,46H,5-6,9-16,19,24-30H2,1-3H3,(H5-,45,49,50,51,52,53,54,55,56,57,58,59,60,61,62,63)/p+1. The fourth-order valence-corrected chi connectivity index (χ4v) is 10.7. The number of hydrogen-bond donors (Lipinski definition) is 7. The molecule has 0 aliphatic carbocycles. The first kappa shape index (κ1) is 55.1. The number of nitrogens with zero attached hydrogens (tertiary/aromatic N) is 2. The summed E-state index contributed by atoms with van der Waals surface area (Å²) in [4.78, 5) is 24.5. The average molecular weight is 1020 g/mol. The zero-order chi connectivity index (χ0) is 49.8. The molecule has 2 aliphatic heterocycles. The fraction of sp³-hybridized carbons (Fsp3) is 0.523. The first-order valence-electron chi connectivity index (χ1n) is 22.0. The van der Waals surface area contributed by atoms with Crippen LogP contribution >= 0.6 is 0 Å². The zero-order valence-electron chi connectivity index (χ0n) is 37.9. The summed E-state index contributed by atoms with van der Waals surface area (Å²) in [6.45, 7) is 7.12. The Bertz CT molecular complexity index is 2710. The van der Waals surface area contributed by atoms with E-state index in [2.05, 4.69) is 10.6 Å². The summed E-state index contributed by atoms with van der Waals surface area (Å²) in [6, 6.07) is 8.57. The van der Waals surface area contributed by atoms with E-state index in [1.54, 1.807) is 30.4 Å². The molecule has 372 valence electrons. The van der Waals surface area contributed by atoms with E-state index in [0.29, 0.717) is 93.5 Å². The second-order valence-corrected chi connectivity index (χ2v) is 23.4. The number of carboxylic acid groups (broad SMARTS) is 1. The van der Waals surface area contributed by atoms with Crippen LogP contribution in [0.1, 0.15) is 109 Å². The fourth-order valence-electron chi connectivity index (χ4n) is 8.60. The van der Waals surface area contributed by atoms with Gasteiger partial charge in [-0.05, 0) is 114 Å². The van der Waals surface area contributed by atoms with Crippen LogP contribution in [0.2, 0.25) is 0 Å². The molecule has 0 spiro atoms. The molecule has 0 saturated heterocycles. The summed E-state index contributed by atoms with van der Waals surface area (Å²) in [5.41, 5.74) is 2.35. The van der Waals surface area contributed by atoms with Gasteiger partial charge in [-0.3, -0.25) is 23.0 Å². The highest BCUT2D eigenvalue weighted by Gasteiger charge is 2.45. The van der Waals surface area contributed by atoms with Crippen LogP contribution in [-0.2, 0) is 56.1 Å². The lowest BCUT2D eigenvalue weighted by atomic mass is 9.77. The van der Waals surface area contributed by atoms with Gasteiger partial charge in [0.05, 0.1) is 26.7 Å². The lowest BCUT2D eigenvalue weighted by Crippen LogP contribution is -2.29.